The smallest absolute Gasteiger partial charge is 0.262 e. The van der Waals surface area contributed by atoms with Crippen LogP contribution < -0.4 is 14.4 Å². The molecule has 0 aromatic heterocycles. The zero-order valence-corrected chi connectivity index (χ0v) is 18.3. The lowest BCUT2D eigenvalue weighted by molar-refractivity contribution is -0.118. The highest BCUT2D eigenvalue weighted by molar-refractivity contribution is 7.92. The molecule has 1 amide bonds. The van der Waals surface area contributed by atoms with E-state index in [-0.39, 0.29) is 12.2 Å². The highest BCUT2D eigenvalue weighted by atomic mass is 32.2. The molecular formula is C23H22F2N2O4S. The fraction of sp³-hybridized carbons (Fsp3) is 0.174. The topological polar surface area (TPSA) is 75.7 Å². The van der Waals surface area contributed by atoms with E-state index < -0.39 is 34.2 Å². The molecule has 0 fully saturated rings. The molecule has 1 N–H and O–H groups in total. The van der Waals surface area contributed by atoms with E-state index in [1.165, 1.54) is 16.4 Å². The molecule has 6 nitrogen and oxygen atoms in total. The number of benzene rings is 3. The van der Waals surface area contributed by atoms with Crippen LogP contribution in [0.5, 0.6) is 5.75 Å². The number of sulfonamides is 1. The van der Waals surface area contributed by atoms with Gasteiger partial charge in [0.1, 0.15) is 17.4 Å². The maximum atomic E-state index is 13.6. The fourth-order valence-corrected chi connectivity index (χ4v) is 3.78. The second kappa shape index (κ2) is 9.78. The van der Waals surface area contributed by atoms with Crippen LogP contribution in [0.1, 0.15) is 11.1 Å². The number of aryl methyl sites for hydroxylation is 1. The maximum absolute atomic E-state index is 13.6. The molecule has 9 heteroatoms. The van der Waals surface area contributed by atoms with Crippen molar-refractivity contribution >= 4 is 27.3 Å². The van der Waals surface area contributed by atoms with Crippen LogP contribution >= 0.6 is 0 Å². The lowest BCUT2D eigenvalue weighted by Gasteiger charge is -2.23. The number of nitrogens with zero attached hydrogens (tertiary/aromatic N) is 1. The monoisotopic (exact) mass is 460 g/mol. The van der Waals surface area contributed by atoms with Crippen LogP contribution in [0.3, 0.4) is 0 Å². The molecule has 32 heavy (non-hydrogen) atoms. The first-order valence-electron chi connectivity index (χ1n) is 9.63. The summed E-state index contributed by atoms with van der Waals surface area (Å²) in [5, 5.41) is 2.24. The zero-order valence-electron chi connectivity index (χ0n) is 17.5. The first kappa shape index (κ1) is 23.2. The summed E-state index contributed by atoms with van der Waals surface area (Å²) in [7, 11) is -3.54. The third kappa shape index (κ3) is 6.27. The predicted octanol–water partition coefficient (Wildman–Crippen LogP) is 4.26. The molecule has 0 unspecified atom stereocenters. The molecule has 0 saturated heterocycles. The third-order valence-corrected chi connectivity index (χ3v) is 5.68. The second-order valence-corrected chi connectivity index (χ2v) is 9.12. The van der Waals surface area contributed by atoms with Crippen molar-refractivity contribution in [2.75, 3.05) is 22.5 Å². The number of anilines is 2. The van der Waals surface area contributed by atoms with Crippen LogP contribution in [0.25, 0.3) is 0 Å². The van der Waals surface area contributed by atoms with Crippen molar-refractivity contribution in [2.24, 2.45) is 0 Å². The number of hydrogen-bond acceptors (Lipinski definition) is 4. The molecule has 0 bridgehead atoms. The van der Waals surface area contributed by atoms with Crippen molar-refractivity contribution in [1.29, 1.82) is 0 Å². The normalized spacial score (nSPS) is 11.1. The van der Waals surface area contributed by atoms with Crippen molar-refractivity contribution in [3.05, 3.63) is 89.5 Å². The first-order valence-corrected chi connectivity index (χ1v) is 11.5. The Morgan fingerprint density at radius 2 is 1.66 bits per heavy atom. The molecular weight excluding hydrogens is 438 g/mol. The summed E-state index contributed by atoms with van der Waals surface area (Å²) in [5.74, 6) is -1.80. The summed E-state index contributed by atoms with van der Waals surface area (Å²) in [4.78, 5) is 12.0. The molecule has 168 valence electrons. The van der Waals surface area contributed by atoms with Crippen molar-refractivity contribution < 1.29 is 26.7 Å². The van der Waals surface area contributed by atoms with E-state index >= 15 is 0 Å². The molecule has 0 aliphatic rings. The minimum absolute atomic E-state index is 0.168. The lowest BCUT2D eigenvalue weighted by Crippen LogP contribution is -2.29. The molecule has 0 spiro atoms. The quantitative estimate of drug-likeness (QED) is 0.545. The van der Waals surface area contributed by atoms with Crippen molar-refractivity contribution in [3.63, 3.8) is 0 Å². The van der Waals surface area contributed by atoms with Gasteiger partial charge in [0.05, 0.1) is 24.2 Å². The lowest BCUT2D eigenvalue weighted by atomic mass is 10.1. The maximum Gasteiger partial charge on any atom is 0.262 e. The van der Waals surface area contributed by atoms with Gasteiger partial charge in [0.15, 0.2) is 6.61 Å². The standard InChI is InChI=1S/C23H22F2N2O4S/c1-16-3-5-17(6-4-16)14-27(32(2,29)30)19-8-10-20(11-9-19)31-15-23(28)26-22-13-18(24)7-12-21(22)25/h3-13H,14-15H2,1-2H3,(H,26,28). The molecule has 3 rings (SSSR count). The summed E-state index contributed by atoms with van der Waals surface area (Å²) < 4.78 is 58.1. The Bertz CT molecular complexity index is 1200. The zero-order chi connectivity index (χ0) is 23.3. The van der Waals surface area contributed by atoms with E-state index in [0.29, 0.717) is 11.4 Å². The van der Waals surface area contributed by atoms with Gasteiger partial charge >= 0.3 is 0 Å². The summed E-state index contributed by atoms with van der Waals surface area (Å²) >= 11 is 0. The Labute approximate surface area is 185 Å². The summed E-state index contributed by atoms with van der Waals surface area (Å²) in [6.45, 7) is 1.68. The van der Waals surface area contributed by atoms with Crippen molar-refractivity contribution in [2.45, 2.75) is 13.5 Å². The van der Waals surface area contributed by atoms with Crippen LogP contribution in [0.4, 0.5) is 20.2 Å². The second-order valence-electron chi connectivity index (χ2n) is 7.21. The average Bonchev–Trinajstić information content (AvgIpc) is 2.74. The van der Waals surface area contributed by atoms with Crippen LogP contribution in [0.2, 0.25) is 0 Å². The van der Waals surface area contributed by atoms with Gasteiger partial charge in [0.2, 0.25) is 10.0 Å². The van der Waals surface area contributed by atoms with Gasteiger partial charge in [-0.25, -0.2) is 17.2 Å². The van der Waals surface area contributed by atoms with Gasteiger partial charge in [0, 0.05) is 6.07 Å². The molecule has 0 aliphatic carbocycles. The van der Waals surface area contributed by atoms with Gasteiger partial charge < -0.3 is 10.1 Å². The molecule has 0 aliphatic heterocycles. The summed E-state index contributed by atoms with van der Waals surface area (Å²) in [6, 6.07) is 16.5. The molecule has 0 atom stereocenters. The number of carbonyl (C=O) groups is 1. The van der Waals surface area contributed by atoms with Gasteiger partial charge in [-0.2, -0.15) is 0 Å². The van der Waals surface area contributed by atoms with Crippen LogP contribution in [-0.2, 0) is 21.4 Å². The molecule has 3 aromatic rings. The minimum atomic E-state index is -3.54. The van der Waals surface area contributed by atoms with Gasteiger partial charge in [-0.3, -0.25) is 9.10 Å². The van der Waals surface area contributed by atoms with E-state index in [1.807, 2.05) is 31.2 Å². The highest BCUT2D eigenvalue weighted by Gasteiger charge is 2.18. The third-order valence-electron chi connectivity index (χ3n) is 4.54. The van der Waals surface area contributed by atoms with Crippen molar-refractivity contribution in [1.82, 2.24) is 0 Å². The van der Waals surface area contributed by atoms with Crippen LogP contribution in [-0.4, -0.2) is 27.2 Å². The Morgan fingerprint density at radius 1 is 1.00 bits per heavy atom. The van der Waals surface area contributed by atoms with Crippen LogP contribution in [0, 0.1) is 18.6 Å². The highest BCUT2D eigenvalue weighted by Crippen LogP contribution is 2.24. The Morgan fingerprint density at radius 3 is 2.28 bits per heavy atom. The molecule has 0 radical (unpaired) electrons. The molecule has 0 heterocycles. The average molecular weight is 461 g/mol. The fourth-order valence-electron chi connectivity index (χ4n) is 2.90. The number of ether oxygens (including phenoxy) is 1. The van der Waals surface area contributed by atoms with E-state index in [4.69, 9.17) is 4.74 Å². The SMILES string of the molecule is Cc1ccc(CN(c2ccc(OCC(=O)Nc3cc(F)ccc3F)cc2)S(C)(=O)=O)cc1. The first-order chi connectivity index (χ1) is 15.1. The number of hydrogen-bond donors (Lipinski definition) is 1. The van der Waals surface area contributed by atoms with E-state index in [9.17, 15) is 22.0 Å². The van der Waals surface area contributed by atoms with E-state index in [2.05, 4.69) is 5.32 Å². The summed E-state index contributed by atoms with van der Waals surface area (Å²) in [5.41, 5.74) is 2.06. The van der Waals surface area contributed by atoms with Gasteiger partial charge in [-0.05, 0) is 48.9 Å². The predicted molar refractivity (Wildman–Crippen MR) is 119 cm³/mol. The largest absolute Gasteiger partial charge is 0.484 e. The number of rotatable bonds is 8. The van der Waals surface area contributed by atoms with Gasteiger partial charge in [-0.1, -0.05) is 29.8 Å². The van der Waals surface area contributed by atoms with Crippen LogP contribution in [0.15, 0.2) is 66.7 Å². The van der Waals surface area contributed by atoms with E-state index in [1.54, 1.807) is 12.1 Å². The van der Waals surface area contributed by atoms with Gasteiger partial charge in [-0.15, -0.1) is 0 Å². The molecule has 3 aromatic carbocycles. The number of nitrogens with one attached hydrogen (secondary N) is 1. The summed E-state index contributed by atoms with van der Waals surface area (Å²) in [6.07, 6.45) is 1.13. The van der Waals surface area contributed by atoms with E-state index in [0.717, 1.165) is 35.6 Å². The van der Waals surface area contributed by atoms with Crippen molar-refractivity contribution in [3.8, 4) is 5.75 Å². The Balaban J connectivity index is 1.65. The number of halogens is 2. The number of carbonyl (C=O) groups excluding carboxylic acids is 1. The number of amides is 1. The Kier molecular flexibility index (Phi) is 7.09. The Hall–Kier alpha value is -3.46. The molecule has 0 saturated carbocycles. The minimum Gasteiger partial charge on any atom is -0.484 e. The van der Waals surface area contributed by atoms with Gasteiger partial charge in [0.25, 0.3) is 5.91 Å².